The Labute approximate surface area is 212 Å². The Kier molecular flexibility index (Phi) is 7.42. The molecule has 0 aliphatic heterocycles. The van der Waals surface area contributed by atoms with Gasteiger partial charge in [0.25, 0.3) is 5.91 Å². The molecule has 3 aromatic heterocycles. The number of rotatable bonds is 6. The molecule has 0 radical (unpaired) electrons. The van der Waals surface area contributed by atoms with Crippen molar-refractivity contribution < 1.29 is 35.5 Å². The van der Waals surface area contributed by atoms with Crippen LogP contribution in [0.15, 0.2) is 43.1 Å². The van der Waals surface area contributed by atoms with E-state index in [0.29, 0.717) is 19.4 Å². The maximum absolute atomic E-state index is 13.9. The van der Waals surface area contributed by atoms with Crippen LogP contribution in [-0.4, -0.2) is 33.9 Å². The lowest BCUT2D eigenvalue weighted by Gasteiger charge is -2.18. The van der Waals surface area contributed by atoms with Gasteiger partial charge in [0.1, 0.15) is 23.3 Å². The number of alkyl halides is 3. The van der Waals surface area contributed by atoms with Gasteiger partial charge in [-0.15, -0.1) is 0 Å². The molecule has 3 N–H and O–H groups in total. The molecule has 0 bridgehead atoms. The van der Waals surface area contributed by atoms with Gasteiger partial charge in [-0.25, -0.2) is 17.6 Å². The van der Waals surface area contributed by atoms with Gasteiger partial charge < -0.3 is 11.1 Å². The molecule has 5 rings (SSSR count). The summed E-state index contributed by atoms with van der Waals surface area (Å²) in [7, 11) is 0. The molecule has 0 aromatic carbocycles. The highest BCUT2D eigenvalue weighted by atomic mass is 19.4. The number of nitrogens with one attached hydrogen (secondary N) is 1. The maximum atomic E-state index is 13.9. The summed E-state index contributed by atoms with van der Waals surface area (Å²) in [5, 5.41) is 2.33. The number of nitrogens with zero attached hydrogens (tertiary/aromatic N) is 3. The summed E-state index contributed by atoms with van der Waals surface area (Å²) in [4.78, 5) is 22.2. The lowest BCUT2D eigenvalue weighted by Crippen LogP contribution is -2.34. The monoisotopic (exact) mass is 541 g/mol. The predicted molar refractivity (Wildman–Crippen MR) is 121 cm³/mol. The molecule has 6 nitrogen and oxygen atoms in total. The molecular weight excluding hydrogens is 519 g/mol. The fourth-order valence-corrected chi connectivity index (χ4v) is 4.37. The number of halogens is 7. The number of nitrogens with two attached hydrogens (primary N) is 1. The molecule has 0 unspecified atom stereocenters. The second kappa shape index (κ2) is 10.3. The highest BCUT2D eigenvalue weighted by molar-refractivity contribution is 5.95. The van der Waals surface area contributed by atoms with Crippen LogP contribution in [0.4, 0.5) is 30.7 Å². The van der Waals surface area contributed by atoms with E-state index in [0.717, 1.165) is 49.9 Å². The average Bonchev–Trinajstić information content (AvgIpc) is 3.80. The van der Waals surface area contributed by atoms with Crippen LogP contribution in [0.1, 0.15) is 52.9 Å². The SMILES string of the molecule is NCC1(c2c(F)cncc2F)CC1.O=C(NCC1(c2c(F)cncc2F)CC1)c1cccnc1C(F)(F)F. The van der Waals surface area contributed by atoms with Gasteiger partial charge in [0.2, 0.25) is 0 Å². The van der Waals surface area contributed by atoms with E-state index in [4.69, 9.17) is 5.73 Å². The van der Waals surface area contributed by atoms with Crippen molar-refractivity contribution in [3.63, 3.8) is 0 Å². The van der Waals surface area contributed by atoms with Crippen molar-refractivity contribution in [2.45, 2.75) is 42.7 Å². The first kappa shape index (κ1) is 27.4. The molecule has 13 heteroatoms. The van der Waals surface area contributed by atoms with E-state index in [-0.39, 0.29) is 17.7 Å². The van der Waals surface area contributed by atoms with Gasteiger partial charge in [0, 0.05) is 41.2 Å². The van der Waals surface area contributed by atoms with Crippen molar-refractivity contribution in [3.8, 4) is 0 Å². The topological polar surface area (TPSA) is 93.8 Å². The van der Waals surface area contributed by atoms with E-state index >= 15 is 0 Å². The molecular formula is C25H22F7N5O. The second-order valence-electron chi connectivity index (χ2n) is 9.30. The Bertz CT molecular complexity index is 1300. The lowest BCUT2D eigenvalue weighted by atomic mass is 9.95. The van der Waals surface area contributed by atoms with Crippen LogP contribution in [0.2, 0.25) is 0 Å². The third-order valence-corrected chi connectivity index (χ3v) is 6.77. The van der Waals surface area contributed by atoms with Crippen LogP contribution in [0.3, 0.4) is 0 Å². The summed E-state index contributed by atoms with van der Waals surface area (Å²) in [6.45, 7) is 0.112. The molecule has 3 heterocycles. The van der Waals surface area contributed by atoms with Gasteiger partial charge in [0.15, 0.2) is 5.69 Å². The van der Waals surface area contributed by atoms with Gasteiger partial charge in [-0.05, 0) is 37.8 Å². The first-order valence-corrected chi connectivity index (χ1v) is 11.5. The zero-order chi connectivity index (χ0) is 27.7. The van der Waals surface area contributed by atoms with Crippen LogP contribution in [0, 0.1) is 23.3 Å². The van der Waals surface area contributed by atoms with Crippen molar-refractivity contribution in [3.05, 3.63) is 88.8 Å². The van der Waals surface area contributed by atoms with E-state index < -0.39 is 57.4 Å². The fourth-order valence-electron chi connectivity index (χ4n) is 4.37. The quantitative estimate of drug-likeness (QED) is 0.446. The number of carbonyl (C=O) groups is 1. The Morgan fingerprint density at radius 1 is 0.868 bits per heavy atom. The van der Waals surface area contributed by atoms with Gasteiger partial charge in [0.05, 0.1) is 30.4 Å². The van der Waals surface area contributed by atoms with Crippen LogP contribution >= 0.6 is 0 Å². The molecule has 0 saturated heterocycles. The number of pyridine rings is 3. The molecule has 202 valence electrons. The zero-order valence-corrected chi connectivity index (χ0v) is 19.8. The number of carbonyl (C=O) groups excluding carboxylic acids is 1. The summed E-state index contributed by atoms with van der Waals surface area (Å²) in [6.07, 6.45) is 2.30. The number of aromatic nitrogens is 3. The Hall–Kier alpha value is -3.61. The number of amides is 1. The zero-order valence-electron chi connectivity index (χ0n) is 19.8. The third kappa shape index (κ3) is 5.47. The molecule has 2 fully saturated rings. The number of hydrogen-bond donors (Lipinski definition) is 2. The highest BCUT2D eigenvalue weighted by Crippen LogP contribution is 2.50. The summed E-state index contributed by atoms with van der Waals surface area (Å²) in [5.74, 6) is -3.85. The lowest BCUT2D eigenvalue weighted by molar-refractivity contribution is -0.141. The molecule has 0 spiro atoms. The van der Waals surface area contributed by atoms with Gasteiger partial charge in [-0.3, -0.25) is 19.7 Å². The number of hydrogen-bond acceptors (Lipinski definition) is 5. The third-order valence-electron chi connectivity index (χ3n) is 6.77. The van der Waals surface area contributed by atoms with Crippen molar-refractivity contribution >= 4 is 5.91 Å². The van der Waals surface area contributed by atoms with Crippen LogP contribution in [-0.2, 0) is 17.0 Å². The van der Waals surface area contributed by atoms with E-state index in [1.807, 2.05) is 0 Å². The van der Waals surface area contributed by atoms with Crippen LogP contribution in [0.25, 0.3) is 0 Å². The van der Waals surface area contributed by atoms with Gasteiger partial charge >= 0.3 is 6.18 Å². The summed E-state index contributed by atoms with van der Waals surface area (Å²) < 4.78 is 92.9. The van der Waals surface area contributed by atoms with Crippen LogP contribution < -0.4 is 11.1 Å². The molecule has 38 heavy (non-hydrogen) atoms. The van der Waals surface area contributed by atoms with E-state index in [1.54, 1.807) is 0 Å². The molecule has 2 aliphatic carbocycles. The Morgan fingerprint density at radius 3 is 1.76 bits per heavy atom. The molecule has 2 saturated carbocycles. The smallest absolute Gasteiger partial charge is 0.351 e. The summed E-state index contributed by atoms with van der Waals surface area (Å²) in [6, 6.07) is 2.21. The Balaban J connectivity index is 0.000000216. The van der Waals surface area contributed by atoms with E-state index in [9.17, 15) is 35.5 Å². The fraction of sp³-hybridized carbons (Fsp3) is 0.360. The van der Waals surface area contributed by atoms with Crippen molar-refractivity contribution in [1.29, 1.82) is 0 Å². The minimum Gasteiger partial charge on any atom is -0.351 e. The minimum absolute atomic E-state index is 0.116. The predicted octanol–water partition coefficient (Wildman–Crippen LogP) is 4.59. The first-order valence-electron chi connectivity index (χ1n) is 11.5. The van der Waals surface area contributed by atoms with Crippen molar-refractivity contribution in [1.82, 2.24) is 20.3 Å². The molecule has 3 aromatic rings. The maximum Gasteiger partial charge on any atom is 0.434 e. The van der Waals surface area contributed by atoms with E-state index in [2.05, 4.69) is 20.3 Å². The normalized spacial score (nSPS) is 16.7. The molecule has 1 amide bonds. The van der Waals surface area contributed by atoms with Crippen molar-refractivity contribution in [2.24, 2.45) is 5.73 Å². The first-order chi connectivity index (χ1) is 17.9. The largest absolute Gasteiger partial charge is 0.434 e. The summed E-state index contributed by atoms with van der Waals surface area (Å²) >= 11 is 0. The van der Waals surface area contributed by atoms with Crippen LogP contribution in [0.5, 0.6) is 0 Å². The van der Waals surface area contributed by atoms with E-state index in [1.165, 1.54) is 6.07 Å². The summed E-state index contributed by atoms with van der Waals surface area (Å²) in [5.41, 5.74) is 2.04. The molecule has 2 aliphatic rings. The van der Waals surface area contributed by atoms with Gasteiger partial charge in [-0.2, -0.15) is 13.2 Å². The second-order valence-corrected chi connectivity index (χ2v) is 9.30. The minimum atomic E-state index is -4.78. The standard InChI is InChI=1S/C16H12F5N3O.C9H10F2N2/c17-10-6-22-7-11(18)12(10)15(3-4-15)8-24-14(25)9-2-1-5-23-13(9)16(19,20)21;10-6-3-13-4-7(11)8(6)9(5-12)1-2-9/h1-2,5-7H,3-4,8H2,(H,24,25);3-4H,1-2,5,12H2. The van der Waals surface area contributed by atoms with Gasteiger partial charge in [-0.1, -0.05) is 0 Å². The van der Waals surface area contributed by atoms with Crippen molar-refractivity contribution in [2.75, 3.05) is 13.1 Å². The molecule has 0 atom stereocenters. The average molecular weight is 541 g/mol. The Morgan fingerprint density at radius 2 is 1.34 bits per heavy atom. The highest BCUT2D eigenvalue weighted by Gasteiger charge is 2.49.